The molecule has 3 fully saturated rings. The minimum Gasteiger partial charge on any atom is -0.491 e. The monoisotopic (exact) mass is 1220 g/mol. The Bertz CT molecular complexity index is 3510. The van der Waals surface area contributed by atoms with Gasteiger partial charge in [-0.3, -0.25) is 4.57 Å². The van der Waals surface area contributed by atoms with Gasteiger partial charge in [0.25, 0.3) is 0 Å². The molecule has 0 radical (unpaired) electrons. The van der Waals surface area contributed by atoms with Crippen LogP contribution in [0, 0.1) is 0 Å². The number of hydrogen-bond donors (Lipinski definition) is 2. The second-order valence-corrected chi connectivity index (χ2v) is 23.9. The van der Waals surface area contributed by atoms with E-state index < -0.39 is 19.6 Å². The Morgan fingerprint density at radius 2 is 0.775 bits per heavy atom. The van der Waals surface area contributed by atoms with E-state index in [-0.39, 0.29) is 32.5 Å². The van der Waals surface area contributed by atoms with Crippen LogP contribution in [-0.2, 0) is 25.2 Å². The van der Waals surface area contributed by atoms with Crippen LogP contribution in [0.5, 0.6) is 46.0 Å². The molecule has 9 aromatic carbocycles. The number of epoxide rings is 3. The first-order chi connectivity index (χ1) is 43.6. The summed E-state index contributed by atoms with van der Waals surface area (Å²) in [6.45, 7) is 12.9. The van der Waals surface area contributed by atoms with E-state index in [1.165, 1.54) is 18.4 Å². The summed E-state index contributed by atoms with van der Waals surface area (Å²) in [7, 11) is -3.79. The van der Waals surface area contributed by atoms with Crippen LogP contribution in [-0.4, -0.2) is 107 Å². The third kappa shape index (κ3) is 20.9. The lowest BCUT2D eigenvalue weighted by Crippen LogP contribution is -2.27. The largest absolute Gasteiger partial charge is 0.491 e. The summed E-state index contributed by atoms with van der Waals surface area (Å²) in [4.78, 5) is 0. The number of fused-ring (bicyclic) bond motifs is 4. The number of hydrogen-bond acceptors (Lipinski definition) is 14. The van der Waals surface area contributed by atoms with Crippen molar-refractivity contribution in [1.82, 2.24) is 0 Å². The predicted molar refractivity (Wildman–Crippen MR) is 350 cm³/mol. The van der Waals surface area contributed by atoms with Gasteiger partial charge < -0.3 is 62.1 Å². The Kier molecular flexibility index (Phi) is 24.8. The molecule has 13 rings (SSSR count). The molecule has 14 nitrogen and oxygen atoms in total. The van der Waals surface area contributed by atoms with Crippen LogP contribution in [0.3, 0.4) is 0 Å². The van der Waals surface area contributed by atoms with Crippen LogP contribution in [0.25, 0.3) is 21.9 Å². The highest BCUT2D eigenvalue weighted by Gasteiger charge is 2.39. The molecule has 0 saturated carbocycles. The van der Waals surface area contributed by atoms with Gasteiger partial charge in [-0.15, -0.1) is 0 Å². The van der Waals surface area contributed by atoms with Crippen molar-refractivity contribution in [2.24, 2.45) is 0 Å². The molecule has 6 atom stereocenters. The van der Waals surface area contributed by atoms with Gasteiger partial charge in [-0.1, -0.05) is 162 Å². The van der Waals surface area contributed by atoms with E-state index in [4.69, 9.17) is 51.9 Å². The molecule has 89 heavy (non-hydrogen) atoms. The molecule has 15 heteroatoms. The first-order valence-corrected chi connectivity index (χ1v) is 32.2. The smallest absolute Gasteiger partial charge is 0.308 e. The molecule has 466 valence electrons. The van der Waals surface area contributed by atoms with Gasteiger partial charge in [0.1, 0.15) is 123 Å². The molecule has 3 saturated heterocycles. The molecule has 2 N–H and O–H groups in total. The van der Waals surface area contributed by atoms with Crippen molar-refractivity contribution < 1.29 is 66.7 Å². The molecule has 4 aliphatic heterocycles. The maximum Gasteiger partial charge on any atom is 0.308 e. The molecule has 0 amide bonds. The Morgan fingerprint density at radius 1 is 0.404 bits per heavy atom. The SMILES string of the molecule is CCC.CCC.O=P1(c2cc(OCC(O)COc3ccccc3)cc3ccc(OCC(O)COc4ccc(Cc5ccc(OCC6CO6)cc5)cc4)cc23)Oc2ccccc2-c2ccccc21.c1ccc(OCC2CO2)cc1.c1ccc(OCC2CO2)cc1. The van der Waals surface area contributed by atoms with Crippen LogP contribution < -0.4 is 48.3 Å². The van der Waals surface area contributed by atoms with Gasteiger partial charge in [-0.25, -0.2) is 0 Å². The highest BCUT2D eigenvalue weighted by Crippen LogP contribution is 2.55. The first-order valence-electron chi connectivity index (χ1n) is 30.6. The second kappa shape index (κ2) is 33.9. The average molecular weight is 1230 g/mol. The van der Waals surface area contributed by atoms with Crippen molar-refractivity contribution in [3.8, 4) is 57.1 Å². The predicted octanol–water partition coefficient (Wildman–Crippen LogP) is 13.9. The van der Waals surface area contributed by atoms with Crippen molar-refractivity contribution in [2.45, 2.75) is 77.5 Å². The Labute approximate surface area is 523 Å². The Balaban J connectivity index is 0.000000273. The molecule has 4 aliphatic rings. The summed E-state index contributed by atoms with van der Waals surface area (Å²) in [5.74, 6) is 5.34. The van der Waals surface area contributed by atoms with Crippen LogP contribution in [0.15, 0.2) is 218 Å². The van der Waals surface area contributed by atoms with E-state index in [2.05, 4.69) is 39.8 Å². The topological polar surface area (TPSA) is 169 Å². The van der Waals surface area contributed by atoms with Crippen molar-refractivity contribution in [1.29, 1.82) is 0 Å². The van der Waals surface area contributed by atoms with E-state index in [9.17, 15) is 10.2 Å². The number of aliphatic hydroxyl groups excluding tert-OH is 2. The molecule has 0 spiro atoms. The fourth-order valence-electron chi connectivity index (χ4n) is 8.92. The summed E-state index contributed by atoms with van der Waals surface area (Å²) in [5.41, 5.74) is 3.97. The molecule has 6 unspecified atom stereocenters. The minimum atomic E-state index is -3.79. The van der Waals surface area contributed by atoms with Gasteiger partial charge in [0.15, 0.2) is 0 Å². The normalized spacial score (nSPS) is 17.5. The van der Waals surface area contributed by atoms with Gasteiger partial charge in [-0.2, -0.15) is 0 Å². The average Bonchev–Trinajstić information content (AvgIpc) is 1.71. The van der Waals surface area contributed by atoms with Crippen LogP contribution >= 0.6 is 7.37 Å². The van der Waals surface area contributed by atoms with Crippen molar-refractivity contribution in [3.05, 3.63) is 230 Å². The highest BCUT2D eigenvalue weighted by atomic mass is 31.2. The minimum absolute atomic E-state index is 0.0215. The lowest BCUT2D eigenvalue weighted by molar-refractivity contribution is 0.0626. The van der Waals surface area contributed by atoms with Crippen LogP contribution in [0.1, 0.15) is 51.7 Å². The van der Waals surface area contributed by atoms with Crippen molar-refractivity contribution >= 4 is 28.8 Å². The summed E-state index contributed by atoms with van der Waals surface area (Å²) in [5, 5.41) is 24.0. The zero-order valence-electron chi connectivity index (χ0n) is 51.1. The molecular weight excluding hydrogens is 1140 g/mol. The van der Waals surface area contributed by atoms with E-state index in [1.54, 1.807) is 18.2 Å². The lowest BCUT2D eigenvalue weighted by Gasteiger charge is -2.30. The molecule has 4 heterocycles. The van der Waals surface area contributed by atoms with E-state index >= 15 is 4.57 Å². The Morgan fingerprint density at radius 3 is 1.25 bits per heavy atom. The number of benzene rings is 9. The van der Waals surface area contributed by atoms with E-state index in [0.29, 0.717) is 76.8 Å². The van der Waals surface area contributed by atoms with E-state index in [0.717, 1.165) is 65.6 Å². The standard InChI is InChI=1S/C50H45O10P.2C9H10O2.2C3H8/c51-37(29-55-40-19-14-34(15-20-40)24-35-16-21-41(22-17-35)58-32-44-33-59-44)30-56-42-23-18-36-25-43(57-31-38(52)28-54-39-8-2-1-3-9-39)27-50(47(36)26-42)61(53)49-13-7-5-11-46(49)45-10-4-6-12-48(45)60-61;2*1-2-4-8(5-3-1)10-6-9-7-11-9;2*1-3-2/h1-23,25-27,37-38,44,51-52H,24,28-33H2;2*1-5,9H,6-7H2;2*3H2,1-2H3. The zero-order chi connectivity index (χ0) is 62.1. The molecule has 9 aromatic rings. The summed E-state index contributed by atoms with van der Waals surface area (Å²) in [6.07, 6.45) is 2.31. The molecule has 0 aromatic heterocycles. The number of aliphatic hydroxyl groups is 2. The Hall–Kier alpha value is -8.33. The fourth-order valence-corrected chi connectivity index (χ4v) is 11.4. The quantitative estimate of drug-likeness (QED) is 0.0433. The third-order valence-corrected chi connectivity index (χ3v) is 16.1. The first kappa shape index (κ1) is 65.1. The van der Waals surface area contributed by atoms with Gasteiger partial charge >= 0.3 is 7.37 Å². The maximum absolute atomic E-state index is 15.5. The van der Waals surface area contributed by atoms with Crippen molar-refractivity contribution in [3.63, 3.8) is 0 Å². The molecule has 0 bridgehead atoms. The third-order valence-electron chi connectivity index (χ3n) is 13.6. The van der Waals surface area contributed by atoms with Crippen LogP contribution in [0.4, 0.5) is 0 Å². The zero-order valence-corrected chi connectivity index (χ0v) is 52.0. The summed E-state index contributed by atoms with van der Waals surface area (Å²) in [6, 6.07) is 68.8. The fraction of sp³-hybridized carbons (Fsp3) is 0.297. The van der Waals surface area contributed by atoms with Crippen LogP contribution in [0.2, 0.25) is 0 Å². The summed E-state index contributed by atoms with van der Waals surface area (Å²) >= 11 is 0. The molecular formula is C74H81O14P. The second-order valence-electron chi connectivity index (χ2n) is 21.7. The number of para-hydroxylation sites is 4. The van der Waals surface area contributed by atoms with Gasteiger partial charge in [0.05, 0.1) is 30.4 Å². The van der Waals surface area contributed by atoms with E-state index in [1.807, 2.05) is 188 Å². The molecule has 0 aliphatic carbocycles. The van der Waals surface area contributed by atoms with Crippen molar-refractivity contribution in [2.75, 3.05) is 66.1 Å². The van der Waals surface area contributed by atoms with Gasteiger partial charge in [0, 0.05) is 5.56 Å². The highest BCUT2D eigenvalue weighted by molar-refractivity contribution is 7.75. The lowest BCUT2D eigenvalue weighted by atomic mass is 10.0. The van der Waals surface area contributed by atoms with Gasteiger partial charge in [0.2, 0.25) is 0 Å². The van der Waals surface area contributed by atoms with Gasteiger partial charge in [-0.05, 0) is 131 Å². The maximum atomic E-state index is 15.5. The number of ether oxygens (including phenoxy) is 10. The summed E-state index contributed by atoms with van der Waals surface area (Å²) < 4.78 is 77.6. The number of rotatable bonds is 24.